The molecule has 4 rings (SSSR count). The summed E-state index contributed by atoms with van der Waals surface area (Å²) in [6, 6.07) is 13.3. The topological polar surface area (TPSA) is 55.6 Å². The van der Waals surface area contributed by atoms with Crippen LogP contribution < -0.4 is 4.74 Å². The number of halogens is 2. The van der Waals surface area contributed by atoms with Crippen LogP contribution in [0, 0.1) is 5.82 Å². The Bertz CT molecular complexity index is 1010. The van der Waals surface area contributed by atoms with Gasteiger partial charge in [-0.05, 0) is 54.8 Å². The van der Waals surface area contributed by atoms with E-state index in [1.165, 1.54) is 24.3 Å². The van der Waals surface area contributed by atoms with Crippen molar-refractivity contribution in [2.45, 2.75) is 25.2 Å². The van der Waals surface area contributed by atoms with E-state index in [0.717, 1.165) is 24.2 Å². The molecule has 30 heavy (non-hydrogen) atoms. The molecule has 0 spiro atoms. The number of oxazole rings is 1. The first-order chi connectivity index (χ1) is 14.6. The van der Waals surface area contributed by atoms with Gasteiger partial charge in [-0.2, -0.15) is 0 Å². The van der Waals surface area contributed by atoms with Crippen LogP contribution in [0.5, 0.6) is 5.75 Å². The molecule has 156 valence electrons. The highest BCUT2D eigenvalue weighted by Crippen LogP contribution is 2.27. The van der Waals surface area contributed by atoms with Crippen molar-refractivity contribution in [3.63, 3.8) is 0 Å². The Kier molecular flexibility index (Phi) is 6.33. The van der Waals surface area contributed by atoms with Crippen LogP contribution in [0.15, 0.2) is 59.1 Å². The third-order valence-corrected chi connectivity index (χ3v) is 5.37. The zero-order valence-corrected chi connectivity index (χ0v) is 17.1. The fourth-order valence-corrected chi connectivity index (χ4v) is 3.83. The second-order valence-corrected chi connectivity index (χ2v) is 7.83. The van der Waals surface area contributed by atoms with Crippen LogP contribution in [0.3, 0.4) is 0 Å². The predicted molar refractivity (Wildman–Crippen MR) is 111 cm³/mol. The number of amides is 1. The Hall–Kier alpha value is -2.86. The van der Waals surface area contributed by atoms with E-state index < -0.39 is 0 Å². The van der Waals surface area contributed by atoms with Gasteiger partial charge >= 0.3 is 0 Å². The van der Waals surface area contributed by atoms with E-state index in [9.17, 15) is 9.18 Å². The van der Waals surface area contributed by atoms with Gasteiger partial charge in [0, 0.05) is 24.5 Å². The van der Waals surface area contributed by atoms with Gasteiger partial charge in [0.1, 0.15) is 17.3 Å². The Balaban J connectivity index is 1.33. The molecule has 0 bridgehead atoms. The Morgan fingerprint density at radius 2 is 2.10 bits per heavy atom. The van der Waals surface area contributed by atoms with Crippen molar-refractivity contribution in [3.8, 4) is 5.75 Å². The van der Waals surface area contributed by atoms with Crippen LogP contribution >= 0.6 is 11.6 Å². The quantitative estimate of drug-likeness (QED) is 0.563. The number of rotatable bonds is 6. The maximum atomic E-state index is 13.0. The van der Waals surface area contributed by atoms with Crippen LogP contribution in [-0.4, -0.2) is 35.5 Å². The Morgan fingerprint density at radius 3 is 2.90 bits per heavy atom. The highest BCUT2D eigenvalue weighted by Gasteiger charge is 2.28. The maximum Gasteiger partial charge on any atom is 0.260 e. The molecular weight excluding hydrogens is 407 g/mol. The molecule has 0 aliphatic carbocycles. The largest absolute Gasteiger partial charge is 0.484 e. The van der Waals surface area contributed by atoms with Crippen molar-refractivity contribution in [1.82, 2.24) is 9.88 Å². The SMILES string of the molecule is O=C(COc1ccc(F)cc1)N1CCCC(c2ncc(Cc3cccc(Cl)c3)o2)C1. The number of ether oxygens (including phenoxy) is 1. The number of carbonyl (C=O) groups excluding carboxylic acids is 1. The van der Waals surface area contributed by atoms with Gasteiger partial charge in [0.25, 0.3) is 5.91 Å². The number of likely N-dealkylation sites (tertiary alicyclic amines) is 1. The second-order valence-electron chi connectivity index (χ2n) is 7.39. The van der Waals surface area contributed by atoms with E-state index in [1.54, 1.807) is 11.1 Å². The minimum absolute atomic E-state index is 0.0571. The lowest BCUT2D eigenvalue weighted by Crippen LogP contribution is -2.41. The summed E-state index contributed by atoms with van der Waals surface area (Å²) in [6.45, 7) is 1.14. The second kappa shape index (κ2) is 9.30. The first kappa shape index (κ1) is 20.4. The molecule has 1 aromatic heterocycles. The smallest absolute Gasteiger partial charge is 0.260 e. The number of carbonyl (C=O) groups is 1. The van der Waals surface area contributed by atoms with Gasteiger partial charge < -0.3 is 14.1 Å². The van der Waals surface area contributed by atoms with E-state index in [1.807, 2.05) is 24.3 Å². The minimum atomic E-state index is -0.340. The number of hydrogen-bond donors (Lipinski definition) is 0. The summed E-state index contributed by atoms with van der Waals surface area (Å²) in [6.07, 6.45) is 4.15. The van der Waals surface area contributed by atoms with E-state index in [2.05, 4.69) is 4.98 Å². The number of hydrogen-bond acceptors (Lipinski definition) is 4. The lowest BCUT2D eigenvalue weighted by atomic mass is 9.98. The third-order valence-electron chi connectivity index (χ3n) is 5.14. The lowest BCUT2D eigenvalue weighted by Gasteiger charge is -2.31. The standard InChI is InChI=1S/C23H22ClFN2O3/c24-18-5-1-3-16(11-18)12-21-13-26-23(30-21)17-4-2-10-27(14-17)22(28)15-29-20-8-6-19(25)7-9-20/h1,3,5-9,11,13,17H,2,4,10,12,14-15H2. The van der Waals surface area contributed by atoms with Gasteiger partial charge in [0.15, 0.2) is 12.5 Å². The van der Waals surface area contributed by atoms with Gasteiger partial charge in [-0.15, -0.1) is 0 Å². The molecule has 7 heteroatoms. The molecule has 5 nitrogen and oxygen atoms in total. The van der Waals surface area contributed by atoms with Gasteiger partial charge in [0.05, 0.1) is 12.1 Å². The molecule has 2 heterocycles. The van der Waals surface area contributed by atoms with E-state index in [-0.39, 0.29) is 24.2 Å². The zero-order valence-electron chi connectivity index (χ0n) is 16.4. The van der Waals surface area contributed by atoms with E-state index >= 15 is 0 Å². The Morgan fingerprint density at radius 1 is 1.27 bits per heavy atom. The highest BCUT2D eigenvalue weighted by molar-refractivity contribution is 6.30. The Labute approximate surface area is 179 Å². The van der Waals surface area contributed by atoms with Crippen molar-refractivity contribution in [2.24, 2.45) is 0 Å². The molecule has 1 aliphatic rings. The van der Waals surface area contributed by atoms with Crippen LogP contribution in [-0.2, 0) is 11.2 Å². The summed E-state index contributed by atoms with van der Waals surface area (Å²) in [7, 11) is 0. The monoisotopic (exact) mass is 428 g/mol. The third kappa shape index (κ3) is 5.19. The first-order valence-electron chi connectivity index (χ1n) is 9.92. The average Bonchev–Trinajstić information content (AvgIpc) is 3.22. The molecule has 3 aromatic rings. The lowest BCUT2D eigenvalue weighted by molar-refractivity contribution is -0.134. The molecule has 0 saturated carbocycles. The van der Waals surface area contributed by atoms with E-state index in [4.69, 9.17) is 20.8 Å². The van der Waals surface area contributed by atoms with Crippen molar-refractivity contribution >= 4 is 17.5 Å². The number of piperidine rings is 1. The molecule has 1 fully saturated rings. The summed E-state index contributed by atoms with van der Waals surface area (Å²) in [5.41, 5.74) is 1.06. The van der Waals surface area contributed by atoms with Crippen molar-refractivity contribution in [2.75, 3.05) is 19.7 Å². The van der Waals surface area contributed by atoms with Crippen LogP contribution in [0.25, 0.3) is 0 Å². The maximum absolute atomic E-state index is 13.0. The summed E-state index contributed by atoms with van der Waals surface area (Å²) < 4.78 is 24.4. The fourth-order valence-electron chi connectivity index (χ4n) is 3.61. The van der Waals surface area contributed by atoms with E-state index in [0.29, 0.717) is 36.2 Å². The van der Waals surface area contributed by atoms with Gasteiger partial charge in [-0.25, -0.2) is 9.37 Å². The number of aromatic nitrogens is 1. The molecule has 0 radical (unpaired) electrons. The predicted octanol–water partition coefficient (Wildman–Crippen LogP) is 4.84. The van der Waals surface area contributed by atoms with Gasteiger partial charge in [-0.1, -0.05) is 23.7 Å². The minimum Gasteiger partial charge on any atom is -0.484 e. The van der Waals surface area contributed by atoms with Crippen LogP contribution in [0.4, 0.5) is 4.39 Å². The molecule has 1 atom stereocenters. The molecule has 1 amide bonds. The molecular formula is C23H22ClFN2O3. The van der Waals surface area contributed by atoms with Crippen molar-refractivity contribution < 1.29 is 18.3 Å². The number of nitrogens with zero attached hydrogens (tertiary/aromatic N) is 2. The molecule has 1 unspecified atom stereocenters. The van der Waals surface area contributed by atoms with Crippen molar-refractivity contribution in [1.29, 1.82) is 0 Å². The highest BCUT2D eigenvalue weighted by atomic mass is 35.5. The zero-order chi connectivity index (χ0) is 20.9. The normalized spacial score (nSPS) is 16.5. The molecule has 1 aliphatic heterocycles. The van der Waals surface area contributed by atoms with Crippen LogP contribution in [0.2, 0.25) is 5.02 Å². The first-order valence-corrected chi connectivity index (χ1v) is 10.3. The summed E-state index contributed by atoms with van der Waals surface area (Å²) in [4.78, 5) is 18.8. The summed E-state index contributed by atoms with van der Waals surface area (Å²) in [5, 5.41) is 0.691. The van der Waals surface area contributed by atoms with Gasteiger partial charge in [0.2, 0.25) is 0 Å². The van der Waals surface area contributed by atoms with Crippen molar-refractivity contribution in [3.05, 3.63) is 82.8 Å². The molecule has 2 aromatic carbocycles. The summed E-state index contributed by atoms with van der Waals surface area (Å²) >= 11 is 6.04. The molecule has 1 saturated heterocycles. The molecule has 0 N–H and O–H groups in total. The number of benzene rings is 2. The summed E-state index contributed by atoms with van der Waals surface area (Å²) in [5.74, 6) is 1.51. The van der Waals surface area contributed by atoms with Gasteiger partial charge in [-0.3, -0.25) is 4.79 Å². The fraction of sp³-hybridized carbons (Fsp3) is 0.304. The average molecular weight is 429 g/mol. The van der Waals surface area contributed by atoms with Crippen LogP contribution in [0.1, 0.15) is 36.0 Å².